The van der Waals surface area contributed by atoms with Crippen molar-refractivity contribution in [2.45, 2.75) is 12.8 Å². The normalized spacial score (nSPS) is 17.0. The van der Waals surface area contributed by atoms with Gasteiger partial charge in [0.25, 0.3) is 0 Å². The lowest BCUT2D eigenvalue weighted by Crippen LogP contribution is -2.11. The number of aldehydes is 1. The van der Waals surface area contributed by atoms with E-state index in [-0.39, 0.29) is 8.58 Å². The van der Waals surface area contributed by atoms with Crippen LogP contribution in [0.25, 0.3) is 0 Å². The molecule has 0 aromatic heterocycles. The molecular weight excluding hydrogens is 303 g/mol. The maximum atomic E-state index is 11.2. The molecule has 2 unspecified atom stereocenters. The van der Waals surface area contributed by atoms with Gasteiger partial charge in [-0.25, -0.2) is 0 Å². The van der Waals surface area contributed by atoms with Crippen molar-refractivity contribution in [2.75, 3.05) is 0 Å². The van der Waals surface area contributed by atoms with Crippen LogP contribution in [0.4, 0.5) is 0 Å². The number of phenolic OH excluding ortho intramolecular Hbond substituents is 1. The Labute approximate surface area is 138 Å². The van der Waals surface area contributed by atoms with Gasteiger partial charge in [-0.05, 0) is 29.6 Å². The van der Waals surface area contributed by atoms with Gasteiger partial charge in [0, 0.05) is 10.9 Å². The van der Waals surface area contributed by atoms with Crippen molar-refractivity contribution in [2.24, 2.45) is 5.92 Å². The van der Waals surface area contributed by atoms with E-state index in [1.807, 2.05) is 42.5 Å². The summed E-state index contributed by atoms with van der Waals surface area (Å²) in [5.74, 6) is 0.807. The summed E-state index contributed by atoms with van der Waals surface area (Å²) < 4.78 is 0. The molecule has 0 saturated carbocycles. The lowest BCUT2D eigenvalue weighted by molar-refractivity contribution is 0.112. The van der Waals surface area contributed by atoms with E-state index < -0.39 is 0 Å². The fourth-order valence-corrected chi connectivity index (χ4v) is 4.00. The molecule has 2 aromatic carbocycles. The summed E-state index contributed by atoms with van der Waals surface area (Å²) in [4.78, 5) is 11.2. The zero-order chi connectivity index (χ0) is 16.1. The Morgan fingerprint density at radius 1 is 1.09 bits per heavy atom. The van der Waals surface area contributed by atoms with Crippen LogP contribution in [0.2, 0.25) is 0 Å². The maximum Gasteiger partial charge on any atom is 0.150 e. The van der Waals surface area contributed by atoms with E-state index in [9.17, 15) is 9.90 Å². The SMILES string of the molecule is O=Cc1ccccc1Pc1cccc(CC2C=CC=CC2)c1O. The van der Waals surface area contributed by atoms with Gasteiger partial charge in [-0.2, -0.15) is 0 Å². The second-order valence-corrected chi connectivity index (χ2v) is 6.98. The number of benzene rings is 2. The Hall–Kier alpha value is -2.18. The van der Waals surface area contributed by atoms with E-state index in [0.29, 0.717) is 17.2 Å². The Balaban J connectivity index is 1.83. The number of hydrogen-bond donors (Lipinski definition) is 1. The number of carbonyl (C=O) groups excluding carboxylic acids is 1. The van der Waals surface area contributed by atoms with Crippen LogP contribution in [-0.2, 0) is 6.42 Å². The van der Waals surface area contributed by atoms with Gasteiger partial charge in [-0.15, -0.1) is 0 Å². The molecule has 0 saturated heterocycles. The fourth-order valence-electron chi connectivity index (χ4n) is 2.78. The Morgan fingerprint density at radius 3 is 2.70 bits per heavy atom. The van der Waals surface area contributed by atoms with Crippen molar-refractivity contribution in [3.05, 3.63) is 77.9 Å². The number of hydrogen-bond acceptors (Lipinski definition) is 2. The highest BCUT2D eigenvalue weighted by molar-refractivity contribution is 7.56. The number of para-hydroxylation sites is 1. The molecule has 2 atom stereocenters. The van der Waals surface area contributed by atoms with Crippen LogP contribution in [0, 0.1) is 5.92 Å². The van der Waals surface area contributed by atoms with Crippen LogP contribution in [0.3, 0.4) is 0 Å². The van der Waals surface area contributed by atoms with E-state index >= 15 is 0 Å². The summed E-state index contributed by atoms with van der Waals surface area (Å²) in [6.45, 7) is 0. The van der Waals surface area contributed by atoms with Gasteiger partial charge in [0.05, 0.1) is 0 Å². The zero-order valence-electron chi connectivity index (χ0n) is 12.8. The van der Waals surface area contributed by atoms with Crippen LogP contribution in [0.5, 0.6) is 5.75 Å². The molecule has 23 heavy (non-hydrogen) atoms. The minimum Gasteiger partial charge on any atom is -0.507 e. The van der Waals surface area contributed by atoms with Gasteiger partial charge >= 0.3 is 0 Å². The van der Waals surface area contributed by atoms with Gasteiger partial charge in [0.1, 0.15) is 5.75 Å². The molecule has 1 aliphatic carbocycles. The first-order chi connectivity index (χ1) is 11.3. The molecular formula is C20H19O2P. The highest BCUT2D eigenvalue weighted by atomic mass is 31.1. The molecule has 2 nitrogen and oxygen atoms in total. The number of phenols is 1. The minimum absolute atomic E-state index is 0.277. The fraction of sp³-hybridized carbons (Fsp3) is 0.150. The van der Waals surface area contributed by atoms with Crippen molar-refractivity contribution in [1.82, 2.24) is 0 Å². The van der Waals surface area contributed by atoms with E-state index in [1.54, 1.807) is 0 Å². The predicted octanol–water partition coefficient (Wildman–Crippen LogP) is 3.51. The average Bonchev–Trinajstić information content (AvgIpc) is 2.60. The quantitative estimate of drug-likeness (QED) is 0.676. The molecule has 0 heterocycles. The number of carbonyl (C=O) groups is 1. The topological polar surface area (TPSA) is 37.3 Å². The Bertz CT molecular complexity index is 762. The summed E-state index contributed by atoms with van der Waals surface area (Å²) >= 11 is 0. The van der Waals surface area contributed by atoms with E-state index in [0.717, 1.165) is 35.3 Å². The van der Waals surface area contributed by atoms with Gasteiger partial charge < -0.3 is 5.11 Å². The van der Waals surface area contributed by atoms with E-state index in [2.05, 4.69) is 24.3 Å². The molecule has 0 bridgehead atoms. The molecule has 0 amide bonds. The first-order valence-electron chi connectivity index (χ1n) is 7.73. The minimum atomic E-state index is 0.277. The van der Waals surface area contributed by atoms with Crippen molar-refractivity contribution in [3.8, 4) is 5.75 Å². The summed E-state index contributed by atoms with van der Waals surface area (Å²) in [6, 6.07) is 13.5. The maximum absolute atomic E-state index is 11.2. The first-order valence-corrected chi connectivity index (χ1v) is 8.73. The van der Waals surface area contributed by atoms with Gasteiger partial charge in [-0.3, -0.25) is 4.79 Å². The first kappa shape index (κ1) is 15.7. The van der Waals surface area contributed by atoms with Crippen LogP contribution >= 0.6 is 8.58 Å². The van der Waals surface area contributed by atoms with E-state index in [1.165, 1.54) is 0 Å². The number of allylic oxidation sites excluding steroid dienone is 4. The molecule has 2 aromatic rings. The summed E-state index contributed by atoms with van der Waals surface area (Å²) in [6.07, 6.45) is 11.2. The molecule has 0 radical (unpaired) electrons. The predicted molar refractivity (Wildman–Crippen MR) is 97.6 cm³/mol. The van der Waals surface area contributed by atoms with Crippen molar-refractivity contribution < 1.29 is 9.90 Å². The molecule has 3 rings (SSSR count). The van der Waals surface area contributed by atoms with E-state index in [4.69, 9.17) is 0 Å². The van der Waals surface area contributed by atoms with Crippen molar-refractivity contribution >= 4 is 25.5 Å². The molecule has 1 N–H and O–H groups in total. The molecule has 0 aliphatic heterocycles. The third-order valence-corrected chi connectivity index (χ3v) is 5.43. The van der Waals surface area contributed by atoms with Crippen LogP contribution in [0.1, 0.15) is 22.3 Å². The Morgan fingerprint density at radius 2 is 1.91 bits per heavy atom. The molecule has 0 spiro atoms. The molecule has 116 valence electrons. The molecule has 3 heteroatoms. The van der Waals surface area contributed by atoms with Crippen LogP contribution in [0.15, 0.2) is 66.8 Å². The van der Waals surface area contributed by atoms with Crippen LogP contribution in [-0.4, -0.2) is 11.4 Å². The zero-order valence-corrected chi connectivity index (χ0v) is 13.8. The highest BCUT2D eigenvalue weighted by Crippen LogP contribution is 2.27. The smallest absolute Gasteiger partial charge is 0.150 e. The lowest BCUT2D eigenvalue weighted by Gasteiger charge is -2.16. The third-order valence-electron chi connectivity index (χ3n) is 4.03. The summed E-state index contributed by atoms with van der Waals surface area (Å²) in [5.41, 5.74) is 1.67. The number of aromatic hydroxyl groups is 1. The summed E-state index contributed by atoms with van der Waals surface area (Å²) in [5, 5.41) is 12.5. The largest absolute Gasteiger partial charge is 0.507 e. The molecule has 0 fully saturated rings. The Kier molecular flexibility index (Phi) is 5.05. The van der Waals surface area contributed by atoms with Crippen molar-refractivity contribution in [1.29, 1.82) is 0 Å². The third kappa shape index (κ3) is 3.78. The second kappa shape index (κ2) is 7.39. The van der Waals surface area contributed by atoms with Gasteiger partial charge in [0.2, 0.25) is 0 Å². The molecule has 1 aliphatic rings. The van der Waals surface area contributed by atoms with Gasteiger partial charge in [0.15, 0.2) is 6.29 Å². The monoisotopic (exact) mass is 322 g/mol. The number of rotatable bonds is 5. The van der Waals surface area contributed by atoms with Crippen molar-refractivity contribution in [3.63, 3.8) is 0 Å². The summed E-state index contributed by atoms with van der Waals surface area (Å²) in [7, 11) is 0.277. The average molecular weight is 322 g/mol. The van der Waals surface area contributed by atoms with Gasteiger partial charge in [-0.1, -0.05) is 75.3 Å². The van der Waals surface area contributed by atoms with Crippen LogP contribution < -0.4 is 10.6 Å². The lowest BCUT2D eigenvalue weighted by atomic mass is 9.93. The highest BCUT2D eigenvalue weighted by Gasteiger charge is 2.13. The standard InChI is InChI=1S/C20H19O2P/c21-14-17-9-4-5-11-18(17)23-19-12-6-10-16(20(19)22)13-15-7-2-1-3-8-15/h1-7,9-12,14-15,22-23H,8,13H2. The second-order valence-electron chi connectivity index (χ2n) is 5.66.